The largest absolute Gasteiger partial charge is 0.441 e. The van der Waals surface area contributed by atoms with Crippen LogP contribution in [0, 0.1) is 0 Å². The standard InChI is InChI=1S/C23H23N5O2S/c29-21(10-4-9-20-25-16-19(30-20)17-6-2-1-3-7-17)27-12-14-28(15-13-27)23-26-18-8-5-11-24-22(18)31-23/h1-3,5-8,11,16H,4,9-10,12-15H2. The van der Waals surface area contributed by atoms with E-state index in [1.54, 1.807) is 23.7 Å². The van der Waals surface area contributed by atoms with Crippen LogP contribution in [0.15, 0.2) is 59.3 Å². The van der Waals surface area contributed by atoms with Crippen LogP contribution in [0.3, 0.4) is 0 Å². The van der Waals surface area contributed by atoms with E-state index >= 15 is 0 Å². The minimum atomic E-state index is 0.195. The van der Waals surface area contributed by atoms with Gasteiger partial charge < -0.3 is 14.2 Å². The Kier molecular flexibility index (Phi) is 5.62. The van der Waals surface area contributed by atoms with Gasteiger partial charge in [-0.25, -0.2) is 15.0 Å². The lowest BCUT2D eigenvalue weighted by molar-refractivity contribution is -0.131. The highest BCUT2D eigenvalue weighted by atomic mass is 32.1. The van der Waals surface area contributed by atoms with Crippen LogP contribution in [0.2, 0.25) is 0 Å². The molecule has 0 bridgehead atoms. The van der Waals surface area contributed by atoms with E-state index in [-0.39, 0.29) is 5.91 Å². The molecular weight excluding hydrogens is 410 g/mol. The fourth-order valence-electron chi connectivity index (χ4n) is 3.75. The molecule has 4 heterocycles. The smallest absolute Gasteiger partial charge is 0.222 e. The number of aromatic nitrogens is 3. The second-order valence-electron chi connectivity index (χ2n) is 7.53. The van der Waals surface area contributed by atoms with Crippen LogP contribution in [0.25, 0.3) is 21.7 Å². The predicted molar refractivity (Wildman–Crippen MR) is 121 cm³/mol. The fraction of sp³-hybridized carbons (Fsp3) is 0.304. The van der Waals surface area contributed by atoms with E-state index in [0.29, 0.717) is 18.7 Å². The van der Waals surface area contributed by atoms with Gasteiger partial charge in [0, 0.05) is 50.8 Å². The summed E-state index contributed by atoms with van der Waals surface area (Å²) >= 11 is 1.61. The first-order valence-corrected chi connectivity index (χ1v) is 11.3. The molecule has 1 fully saturated rings. The van der Waals surface area contributed by atoms with Gasteiger partial charge in [0.05, 0.1) is 6.20 Å². The molecule has 0 saturated carbocycles. The molecule has 1 amide bonds. The van der Waals surface area contributed by atoms with Crippen molar-refractivity contribution in [3.05, 3.63) is 60.7 Å². The van der Waals surface area contributed by atoms with Crippen LogP contribution in [-0.4, -0.2) is 51.9 Å². The molecule has 1 aliphatic heterocycles. The Balaban J connectivity index is 1.09. The summed E-state index contributed by atoms with van der Waals surface area (Å²) in [6.45, 7) is 3.04. The molecule has 1 saturated heterocycles. The van der Waals surface area contributed by atoms with Gasteiger partial charge in [0.15, 0.2) is 16.8 Å². The summed E-state index contributed by atoms with van der Waals surface area (Å²) in [4.78, 5) is 31.2. The number of oxazole rings is 1. The molecule has 7 nitrogen and oxygen atoms in total. The zero-order chi connectivity index (χ0) is 21.0. The van der Waals surface area contributed by atoms with Gasteiger partial charge in [0.25, 0.3) is 0 Å². The lowest BCUT2D eigenvalue weighted by Crippen LogP contribution is -2.48. The number of nitrogens with zero attached hydrogens (tertiary/aromatic N) is 5. The van der Waals surface area contributed by atoms with Crippen molar-refractivity contribution >= 4 is 32.7 Å². The van der Waals surface area contributed by atoms with Crippen LogP contribution in [0.5, 0.6) is 0 Å². The third-order valence-corrected chi connectivity index (χ3v) is 6.49. The summed E-state index contributed by atoms with van der Waals surface area (Å²) in [5.41, 5.74) is 1.95. The van der Waals surface area contributed by atoms with Crippen LogP contribution in [0.4, 0.5) is 5.13 Å². The summed E-state index contributed by atoms with van der Waals surface area (Å²) < 4.78 is 5.83. The number of rotatable bonds is 6. The number of aryl methyl sites for hydroxylation is 1. The zero-order valence-corrected chi connectivity index (χ0v) is 17.9. The van der Waals surface area contributed by atoms with Crippen LogP contribution in [0.1, 0.15) is 18.7 Å². The summed E-state index contributed by atoms with van der Waals surface area (Å²) in [5.74, 6) is 1.64. The highest BCUT2D eigenvalue weighted by molar-refractivity contribution is 7.21. The number of anilines is 1. The molecule has 1 aromatic carbocycles. The highest BCUT2D eigenvalue weighted by Gasteiger charge is 2.23. The number of carbonyl (C=O) groups is 1. The first kappa shape index (κ1) is 19.7. The summed E-state index contributed by atoms with van der Waals surface area (Å²) in [7, 11) is 0. The molecule has 0 N–H and O–H groups in total. The molecule has 0 radical (unpaired) electrons. The van der Waals surface area contributed by atoms with Crippen molar-refractivity contribution in [2.45, 2.75) is 19.3 Å². The first-order chi connectivity index (χ1) is 15.3. The maximum Gasteiger partial charge on any atom is 0.222 e. The molecule has 5 rings (SSSR count). The molecular formula is C23H23N5O2S. The molecule has 8 heteroatoms. The molecule has 4 aromatic rings. The van der Waals surface area contributed by atoms with E-state index in [2.05, 4.69) is 19.9 Å². The quantitative estimate of drug-likeness (QED) is 0.457. The Morgan fingerprint density at radius 3 is 2.68 bits per heavy atom. The molecule has 158 valence electrons. The maximum absolute atomic E-state index is 12.6. The van der Waals surface area contributed by atoms with Crippen LogP contribution in [-0.2, 0) is 11.2 Å². The lowest BCUT2D eigenvalue weighted by Gasteiger charge is -2.34. The summed E-state index contributed by atoms with van der Waals surface area (Å²) in [5, 5.41) is 0.985. The fourth-order valence-corrected chi connectivity index (χ4v) is 4.71. The van der Waals surface area contributed by atoms with Gasteiger partial charge in [0.1, 0.15) is 10.3 Å². The number of benzene rings is 1. The Morgan fingerprint density at radius 1 is 1.03 bits per heavy atom. The number of amides is 1. The Hall–Kier alpha value is -3.26. The lowest BCUT2D eigenvalue weighted by atomic mass is 10.2. The normalized spacial score (nSPS) is 14.3. The average molecular weight is 434 g/mol. The molecule has 31 heavy (non-hydrogen) atoms. The maximum atomic E-state index is 12.6. The second kappa shape index (κ2) is 8.85. The Labute approximate surface area is 184 Å². The van der Waals surface area contributed by atoms with Crippen molar-refractivity contribution in [1.82, 2.24) is 19.9 Å². The SMILES string of the molecule is O=C(CCCc1ncc(-c2ccccc2)o1)N1CCN(c2nc3cccnc3s2)CC1. The average Bonchev–Trinajstić information content (AvgIpc) is 3.47. The zero-order valence-electron chi connectivity index (χ0n) is 17.1. The van der Waals surface area contributed by atoms with Crippen molar-refractivity contribution in [3.8, 4) is 11.3 Å². The van der Waals surface area contributed by atoms with Crippen LogP contribution < -0.4 is 4.90 Å². The van der Waals surface area contributed by atoms with Gasteiger partial charge in [-0.3, -0.25) is 4.79 Å². The van der Waals surface area contributed by atoms with Crippen molar-refractivity contribution in [2.75, 3.05) is 31.1 Å². The summed E-state index contributed by atoms with van der Waals surface area (Å²) in [6, 6.07) is 13.8. The number of hydrogen-bond donors (Lipinski definition) is 0. The highest BCUT2D eigenvalue weighted by Crippen LogP contribution is 2.27. The predicted octanol–water partition coefficient (Wildman–Crippen LogP) is 4.02. The second-order valence-corrected chi connectivity index (χ2v) is 8.49. The summed E-state index contributed by atoms with van der Waals surface area (Å²) in [6.07, 6.45) is 5.45. The Bertz CT molecular complexity index is 1130. The third kappa shape index (κ3) is 4.44. The van der Waals surface area contributed by atoms with Gasteiger partial charge in [-0.1, -0.05) is 41.7 Å². The van der Waals surface area contributed by atoms with Crippen molar-refractivity contribution in [2.24, 2.45) is 0 Å². The van der Waals surface area contributed by atoms with Crippen molar-refractivity contribution in [1.29, 1.82) is 0 Å². The van der Waals surface area contributed by atoms with Gasteiger partial charge >= 0.3 is 0 Å². The first-order valence-electron chi connectivity index (χ1n) is 10.5. The Morgan fingerprint density at radius 2 is 1.87 bits per heavy atom. The number of carbonyl (C=O) groups excluding carboxylic acids is 1. The minimum Gasteiger partial charge on any atom is -0.441 e. The van der Waals surface area contributed by atoms with Crippen molar-refractivity contribution in [3.63, 3.8) is 0 Å². The molecule has 0 aliphatic carbocycles. The van der Waals surface area contributed by atoms with E-state index in [1.807, 2.05) is 47.4 Å². The number of piperazine rings is 1. The molecule has 3 aromatic heterocycles. The van der Waals surface area contributed by atoms with E-state index in [0.717, 1.165) is 59.4 Å². The number of thiazole rings is 1. The molecule has 0 unspecified atom stereocenters. The van der Waals surface area contributed by atoms with E-state index in [1.165, 1.54) is 0 Å². The third-order valence-electron chi connectivity index (χ3n) is 5.45. The number of fused-ring (bicyclic) bond motifs is 1. The van der Waals surface area contributed by atoms with E-state index in [4.69, 9.17) is 4.42 Å². The number of hydrogen-bond acceptors (Lipinski definition) is 7. The minimum absolute atomic E-state index is 0.195. The molecule has 1 aliphatic rings. The molecule has 0 spiro atoms. The topological polar surface area (TPSA) is 75.4 Å². The molecule has 0 atom stereocenters. The van der Waals surface area contributed by atoms with Crippen LogP contribution >= 0.6 is 11.3 Å². The number of pyridine rings is 1. The van der Waals surface area contributed by atoms with E-state index in [9.17, 15) is 4.79 Å². The van der Waals surface area contributed by atoms with E-state index < -0.39 is 0 Å². The van der Waals surface area contributed by atoms with Crippen molar-refractivity contribution < 1.29 is 9.21 Å². The van der Waals surface area contributed by atoms with Gasteiger partial charge in [-0.05, 0) is 18.6 Å². The van der Waals surface area contributed by atoms with Gasteiger partial charge in [0.2, 0.25) is 5.91 Å². The van der Waals surface area contributed by atoms with Gasteiger partial charge in [-0.2, -0.15) is 0 Å². The van der Waals surface area contributed by atoms with Gasteiger partial charge in [-0.15, -0.1) is 0 Å². The monoisotopic (exact) mass is 433 g/mol.